The second-order valence-corrected chi connectivity index (χ2v) is 6.67. The molecular weight excluding hydrogens is 252 g/mol. The molecule has 6 nitrogen and oxygen atoms in total. The fourth-order valence-corrected chi connectivity index (χ4v) is 3.18. The summed E-state index contributed by atoms with van der Waals surface area (Å²) in [5.74, 6) is 0.195. The Labute approximate surface area is 108 Å². The van der Waals surface area contributed by atoms with Crippen molar-refractivity contribution in [3.63, 3.8) is 0 Å². The Kier molecular flexibility index (Phi) is 4.36. The minimum absolute atomic E-state index is 0.195. The van der Waals surface area contributed by atoms with Gasteiger partial charge in [0, 0.05) is 45.1 Å². The maximum atomic E-state index is 11.7. The van der Waals surface area contributed by atoms with Crippen molar-refractivity contribution in [2.45, 2.75) is 13.5 Å². The van der Waals surface area contributed by atoms with Gasteiger partial charge in [-0.2, -0.15) is 9.40 Å². The van der Waals surface area contributed by atoms with Crippen molar-refractivity contribution in [1.29, 1.82) is 0 Å². The van der Waals surface area contributed by atoms with E-state index in [-0.39, 0.29) is 5.75 Å². The standard InChI is InChI=1S/C11H20N4O2S/c1-2-18(16,17)15-10-7-13(8-11-15)6-9-14-5-3-4-12-14/h3-5H,2,6-11H2,1H3. The van der Waals surface area contributed by atoms with Gasteiger partial charge in [-0.1, -0.05) is 0 Å². The molecule has 0 atom stereocenters. The van der Waals surface area contributed by atoms with Crippen LogP contribution >= 0.6 is 0 Å². The topological polar surface area (TPSA) is 58.4 Å². The van der Waals surface area contributed by atoms with Gasteiger partial charge in [0.05, 0.1) is 12.3 Å². The average Bonchev–Trinajstić information content (AvgIpc) is 2.90. The van der Waals surface area contributed by atoms with Crippen LogP contribution in [0.5, 0.6) is 0 Å². The van der Waals surface area contributed by atoms with Gasteiger partial charge >= 0.3 is 0 Å². The van der Waals surface area contributed by atoms with E-state index in [0.29, 0.717) is 13.1 Å². The van der Waals surface area contributed by atoms with Crippen molar-refractivity contribution >= 4 is 10.0 Å². The third-order valence-corrected chi connectivity index (χ3v) is 5.18. The third kappa shape index (κ3) is 3.30. The van der Waals surface area contributed by atoms with Crippen LogP contribution in [-0.4, -0.2) is 65.9 Å². The zero-order chi connectivity index (χ0) is 13.0. The normalized spacial score (nSPS) is 19.2. The van der Waals surface area contributed by atoms with Crippen LogP contribution in [0.15, 0.2) is 18.5 Å². The molecule has 0 spiro atoms. The number of hydrogen-bond donors (Lipinski definition) is 0. The lowest BCUT2D eigenvalue weighted by atomic mass is 10.3. The highest BCUT2D eigenvalue weighted by Gasteiger charge is 2.24. The van der Waals surface area contributed by atoms with E-state index in [4.69, 9.17) is 0 Å². The molecule has 2 heterocycles. The molecule has 0 saturated carbocycles. The average molecular weight is 272 g/mol. The lowest BCUT2D eigenvalue weighted by Crippen LogP contribution is -2.49. The fourth-order valence-electron chi connectivity index (χ4n) is 2.09. The van der Waals surface area contributed by atoms with E-state index in [0.717, 1.165) is 26.2 Å². The van der Waals surface area contributed by atoms with Crippen molar-refractivity contribution < 1.29 is 8.42 Å². The maximum Gasteiger partial charge on any atom is 0.213 e. The lowest BCUT2D eigenvalue weighted by molar-refractivity contribution is 0.181. The highest BCUT2D eigenvalue weighted by molar-refractivity contribution is 7.89. The Balaban J connectivity index is 1.77. The molecule has 2 rings (SSSR count). The molecule has 0 aliphatic carbocycles. The zero-order valence-electron chi connectivity index (χ0n) is 10.7. The zero-order valence-corrected chi connectivity index (χ0v) is 11.5. The van der Waals surface area contributed by atoms with Crippen LogP contribution in [0.25, 0.3) is 0 Å². The van der Waals surface area contributed by atoms with Gasteiger partial charge in [-0.05, 0) is 13.0 Å². The summed E-state index contributed by atoms with van der Waals surface area (Å²) in [6.45, 7) is 6.29. The number of rotatable bonds is 5. The minimum Gasteiger partial charge on any atom is -0.299 e. The van der Waals surface area contributed by atoms with Gasteiger partial charge in [0.2, 0.25) is 10.0 Å². The van der Waals surface area contributed by atoms with Crippen molar-refractivity contribution in [3.05, 3.63) is 18.5 Å². The predicted molar refractivity (Wildman–Crippen MR) is 69.7 cm³/mol. The Hall–Kier alpha value is -0.920. The molecule has 0 bridgehead atoms. The monoisotopic (exact) mass is 272 g/mol. The van der Waals surface area contributed by atoms with Crippen molar-refractivity contribution in [3.8, 4) is 0 Å². The molecule has 102 valence electrons. The van der Waals surface area contributed by atoms with Crippen molar-refractivity contribution in [2.24, 2.45) is 0 Å². The second kappa shape index (κ2) is 5.81. The van der Waals surface area contributed by atoms with Gasteiger partial charge in [-0.15, -0.1) is 0 Å². The first-order valence-corrected chi connectivity index (χ1v) is 7.90. The van der Waals surface area contributed by atoms with E-state index in [1.165, 1.54) is 0 Å². The highest BCUT2D eigenvalue weighted by atomic mass is 32.2. The summed E-state index contributed by atoms with van der Waals surface area (Å²) in [6.07, 6.45) is 3.71. The lowest BCUT2D eigenvalue weighted by Gasteiger charge is -2.33. The quantitative estimate of drug-likeness (QED) is 0.748. The molecular formula is C11H20N4O2S. The summed E-state index contributed by atoms with van der Waals surface area (Å²) in [5.41, 5.74) is 0. The fraction of sp³-hybridized carbons (Fsp3) is 0.727. The largest absolute Gasteiger partial charge is 0.299 e. The molecule has 0 radical (unpaired) electrons. The Morgan fingerprint density at radius 3 is 2.44 bits per heavy atom. The number of aromatic nitrogens is 2. The first-order chi connectivity index (χ1) is 8.62. The van der Waals surface area contributed by atoms with Crippen LogP contribution in [0.3, 0.4) is 0 Å². The number of sulfonamides is 1. The van der Waals surface area contributed by atoms with E-state index in [1.54, 1.807) is 17.4 Å². The van der Waals surface area contributed by atoms with Gasteiger partial charge in [0.15, 0.2) is 0 Å². The van der Waals surface area contributed by atoms with E-state index in [9.17, 15) is 8.42 Å². The van der Waals surface area contributed by atoms with Crippen LogP contribution in [-0.2, 0) is 16.6 Å². The van der Waals surface area contributed by atoms with Crippen molar-refractivity contribution in [1.82, 2.24) is 19.0 Å². The van der Waals surface area contributed by atoms with E-state index >= 15 is 0 Å². The molecule has 1 saturated heterocycles. The van der Waals surface area contributed by atoms with Crippen LogP contribution in [0.4, 0.5) is 0 Å². The molecule has 0 N–H and O–H groups in total. The summed E-state index contributed by atoms with van der Waals surface area (Å²) in [7, 11) is -3.01. The Morgan fingerprint density at radius 1 is 1.17 bits per heavy atom. The van der Waals surface area contributed by atoms with Gasteiger partial charge < -0.3 is 0 Å². The van der Waals surface area contributed by atoms with E-state index in [2.05, 4.69) is 10.00 Å². The first-order valence-electron chi connectivity index (χ1n) is 6.29. The highest BCUT2D eigenvalue weighted by Crippen LogP contribution is 2.07. The molecule has 1 aromatic rings. The van der Waals surface area contributed by atoms with Crippen LogP contribution in [0.2, 0.25) is 0 Å². The van der Waals surface area contributed by atoms with Gasteiger partial charge in [0.25, 0.3) is 0 Å². The SMILES string of the molecule is CCS(=O)(=O)N1CCN(CCn2cccn2)CC1. The molecule has 1 aromatic heterocycles. The minimum atomic E-state index is -3.01. The molecule has 1 aliphatic rings. The molecule has 1 aliphatic heterocycles. The van der Waals surface area contributed by atoms with Gasteiger partial charge in [0.1, 0.15) is 0 Å². The van der Waals surface area contributed by atoms with E-state index < -0.39 is 10.0 Å². The maximum absolute atomic E-state index is 11.7. The van der Waals surface area contributed by atoms with Crippen LogP contribution in [0.1, 0.15) is 6.92 Å². The number of hydrogen-bond acceptors (Lipinski definition) is 4. The smallest absolute Gasteiger partial charge is 0.213 e. The second-order valence-electron chi connectivity index (χ2n) is 4.41. The van der Waals surface area contributed by atoms with E-state index in [1.807, 2.05) is 16.9 Å². The molecule has 18 heavy (non-hydrogen) atoms. The van der Waals surface area contributed by atoms with Crippen LogP contribution < -0.4 is 0 Å². The van der Waals surface area contributed by atoms with Gasteiger partial charge in [-0.25, -0.2) is 8.42 Å². The number of piperazine rings is 1. The third-order valence-electron chi connectivity index (χ3n) is 3.29. The van der Waals surface area contributed by atoms with Crippen LogP contribution in [0, 0.1) is 0 Å². The summed E-state index contributed by atoms with van der Waals surface area (Å²) < 4.78 is 26.9. The Morgan fingerprint density at radius 2 is 1.89 bits per heavy atom. The summed E-state index contributed by atoms with van der Waals surface area (Å²) in [5, 5.41) is 4.15. The summed E-state index contributed by atoms with van der Waals surface area (Å²) in [6, 6.07) is 1.91. The number of nitrogens with zero attached hydrogens (tertiary/aromatic N) is 4. The molecule has 0 unspecified atom stereocenters. The molecule has 1 fully saturated rings. The molecule has 0 amide bonds. The molecule has 7 heteroatoms. The Bertz CT molecular complexity index is 449. The predicted octanol–water partition coefficient (Wildman–Crippen LogP) is -0.150. The van der Waals surface area contributed by atoms with Crippen molar-refractivity contribution in [2.75, 3.05) is 38.5 Å². The summed E-state index contributed by atoms with van der Waals surface area (Å²) in [4.78, 5) is 2.28. The molecule has 0 aromatic carbocycles. The van der Waals surface area contributed by atoms with Gasteiger partial charge in [-0.3, -0.25) is 9.58 Å². The summed E-state index contributed by atoms with van der Waals surface area (Å²) >= 11 is 0. The first kappa shape index (κ1) is 13.5.